The van der Waals surface area contributed by atoms with Crippen LogP contribution in [0.5, 0.6) is 5.75 Å². The molecule has 0 amide bonds. The molecule has 0 unspecified atom stereocenters. The van der Waals surface area contributed by atoms with E-state index in [4.69, 9.17) is 21.4 Å². The molecular formula is C14H9Br2ClO3. The largest absolute Gasteiger partial charge is 0.487 e. The molecule has 2 aromatic rings. The molecule has 0 aliphatic carbocycles. The van der Waals surface area contributed by atoms with Crippen LogP contribution in [0.15, 0.2) is 45.3 Å². The van der Waals surface area contributed by atoms with Crippen LogP contribution in [-0.4, -0.2) is 11.1 Å². The minimum Gasteiger partial charge on any atom is -0.487 e. The number of benzene rings is 2. The quantitative estimate of drug-likeness (QED) is 0.745. The Morgan fingerprint density at radius 1 is 1.20 bits per heavy atom. The number of carboxylic acids is 1. The van der Waals surface area contributed by atoms with Gasteiger partial charge < -0.3 is 9.84 Å². The smallest absolute Gasteiger partial charge is 0.335 e. The van der Waals surface area contributed by atoms with E-state index in [0.29, 0.717) is 15.2 Å². The van der Waals surface area contributed by atoms with Crippen LogP contribution in [0.1, 0.15) is 15.9 Å². The van der Waals surface area contributed by atoms with Crippen LogP contribution in [0.3, 0.4) is 0 Å². The van der Waals surface area contributed by atoms with Crippen molar-refractivity contribution in [2.24, 2.45) is 0 Å². The number of hydrogen-bond acceptors (Lipinski definition) is 2. The highest BCUT2D eigenvalue weighted by Crippen LogP contribution is 2.29. The van der Waals surface area contributed by atoms with Gasteiger partial charge in [0.1, 0.15) is 12.4 Å². The second-order valence-electron chi connectivity index (χ2n) is 3.97. The zero-order valence-electron chi connectivity index (χ0n) is 10.1. The molecule has 0 atom stereocenters. The number of carbonyl (C=O) groups is 1. The molecule has 0 radical (unpaired) electrons. The van der Waals surface area contributed by atoms with Crippen molar-refractivity contribution in [1.29, 1.82) is 0 Å². The predicted octanol–water partition coefficient (Wildman–Crippen LogP) is 5.14. The number of rotatable bonds is 4. The summed E-state index contributed by atoms with van der Waals surface area (Å²) in [6, 6.07) is 10.1. The molecule has 1 N–H and O–H groups in total. The van der Waals surface area contributed by atoms with Crippen molar-refractivity contribution in [3.05, 3.63) is 61.5 Å². The number of ether oxygens (including phenoxy) is 1. The van der Waals surface area contributed by atoms with Gasteiger partial charge in [0.15, 0.2) is 0 Å². The standard InChI is InChI=1S/C14H9Br2ClO3/c15-10-3-4-12(17)13(6-10)20-7-9-2-1-8(14(18)19)5-11(9)16/h1-6H,7H2,(H,18,19). The molecule has 0 fully saturated rings. The van der Waals surface area contributed by atoms with Crippen molar-refractivity contribution >= 4 is 49.4 Å². The van der Waals surface area contributed by atoms with Crippen molar-refractivity contribution in [2.75, 3.05) is 0 Å². The van der Waals surface area contributed by atoms with Crippen LogP contribution < -0.4 is 4.74 Å². The van der Waals surface area contributed by atoms with Crippen LogP contribution in [0.4, 0.5) is 0 Å². The lowest BCUT2D eigenvalue weighted by molar-refractivity contribution is 0.0696. The Hall–Kier alpha value is -1.04. The first kappa shape index (κ1) is 15.4. The fourth-order valence-electron chi connectivity index (χ4n) is 1.54. The number of halogens is 3. The molecule has 2 rings (SSSR count). The van der Waals surface area contributed by atoms with Crippen molar-refractivity contribution < 1.29 is 14.6 Å². The molecule has 2 aromatic carbocycles. The van der Waals surface area contributed by atoms with Gasteiger partial charge in [-0.25, -0.2) is 4.79 Å². The molecule has 20 heavy (non-hydrogen) atoms. The summed E-state index contributed by atoms with van der Waals surface area (Å²) >= 11 is 12.7. The molecule has 0 spiro atoms. The van der Waals surface area contributed by atoms with Gasteiger partial charge in [-0.15, -0.1) is 0 Å². The summed E-state index contributed by atoms with van der Waals surface area (Å²) in [6.07, 6.45) is 0. The maximum absolute atomic E-state index is 10.9. The highest BCUT2D eigenvalue weighted by atomic mass is 79.9. The van der Waals surface area contributed by atoms with Crippen molar-refractivity contribution in [3.63, 3.8) is 0 Å². The zero-order chi connectivity index (χ0) is 14.7. The number of hydrogen-bond donors (Lipinski definition) is 1. The average Bonchev–Trinajstić information content (AvgIpc) is 2.40. The van der Waals surface area contributed by atoms with E-state index in [1.54, 1.807) is 24.3 Å². The van der Waals surface area contributed by atoms with Gasteiger partial charge in [0.2, 0.25) is 0 Å². The monoisotopic (exact) mass is 418 g/mol. The lowest BCUT2D eigenvalue weighted by Gasteiger charge is -2.10. The van der Waals surface area contributed by atoms with E-state index in [1.807, 2.05) is 6.07 Å². The molecule has 104 valence electrons. The van der Waals surface area contributed by atoms with Gasteiger partial charge in [-0.3, -0.25) is 0 Å². The van der Waals surface area contributed by atoms with Crippen LogP contribution >= 0.6 is 43.5 Å². The van der Waals surface area contributed by atoms with Crippen LogP contribution in [0.25, 0.3) is 0 Å². The molecule has 0 saturated carbocycles. The van der Waals surface area contributed by atoms with Gasteiger partial charge in [0.05, 0.1) is 10.6 Å². The first-order valence-corrected chi connectivity index (χ1v) is 7.53. The number of aromatic carboxylic acids is 1. The molecule has 3 nitrogen and oxygen atoms in total. The third-order valence-corrected chi connectivity index (χ3v) is 4.12. The molecule has 0 bridgehead atoms. The van der Waals surface area contributed by atoms with Crippen molar-refractivity contribution in [3.8, 4) is 5.75 Å². The third-order valence-electron chi connectivity index (χ3n) is 2.58. The number of carboxylic acid groups (broad SMARTS) is 1. The van der Waals surface area contributed by atoms with E-state index >= 15 is 0 Å². The van der Waals surface area contributed by atoms with Crippen LogP contribution in [0, 0.1) is 0 Å². The zero-order valence-corrected chi connectivity index (χ0v) is 14.0. The van der Waals surface area contributed by atoms with E-state index in [-0.39, 0.29) is 12.2 Å². The molecule has 6 heteroatoms. The molecule has 0 aliphatic heterocycles. The first-order chi connectivity index (χ1) is 9.47. The Labute approximate surface area is 137 Å². The SMILES string of the molecule is O=C(O)c1ccc(COc2cc(Br)ccc2Cl)c(Br)c1. The Kier molecular flexibility index (Phi) is 5.07. The Bertz CT molecular complexity index is 659. The summed E-state index contributed by atoms with van der Waals surface area (Å²) in [5.74, 6) is -0.400. The summed E-state index contributed by atoms with van der Waals surface area (Å²) in [5, 5.41) is 9.42. The molecule has 0 saturated heterocycles. The summed E-state index contributed by atoms with van der Waals surface area (Å²) in [7, 11) is 0. The van der Waals surface area contributed by atoms with E-state index in [9.17, 15) is 4.79 Å². The maximum atomic E-state index is 10.9. The maximum Gasteiger partial charge on any atom is 0.335 e. The van der Waals surface area contributed by atoms with Crippen molar-refractivity contribution in [2.45, 2.75) is 6.61 Å². The predicted molar refractivity (Wildman–Crippen MR) is 84.6 cm³/mol. The highest BCUT2D eigenvalue weighted by Gasteiger charge is 2.08. The molecule has 0 aromatic heterocycles. The van der Waals surface area contributed by atoms with Gasteiger partial charge in [0.25, 0.3) is 0 Å². The average molecular weight is 420 g/mol. The van der Waals surface area contributed by atoms with Crippen molar-refractivity contribution in [1.82, 2.24) is 0 Å². The second kappa shape index (κ2) is 6.61. The summed E-state index contributed by atoms with van der Waals surface area (Å²) in [6.45, 7) is 0.288. The van der Waals surface area contributed by atoms with Crippen LogP contribution in [0.2, 0.25) is 5.02 Å². The Morgan fingerprint density at radius 2 is 1.95 bits per heavy atom. The van der Waals surface area contributed by atoms with Crippen LogP contribution in [-0.2, 0) is 6.61 Å². The summed E-state index contributed by atoms with van der Waals surface area (Å²) < 4.78 is 7.20. The molecular weight excluding hydrogens is 411 g/mol. The second-order valence-corrected chi connectivity index (χ2v) is 6.15. The normalized spacial score (nSPS) is 10.3. The fourth-order valence-corrected chi connectivity index (χ4v) is 2.55. The van der Waals surface area contributed by atoms with E-state index < -0.39 is 5.97 Å². The Morgan fingerprint density at radius 3 is 2.60 bits per heavy atom. The van der Waals surface area contributed by atoms with E-state index in [1.165, 1.54) is 6.07 Å². The Balaban J connectivity index is 2.15. The van der Waals surface area contributed by atoms with E-state index in [2.05, 4.69) is 31.9 Å². The van der Waals surface area contributed by atoms with Gasteiger partial charge in [0, 0.05) is 14.5 Å². The summed E-state index contributed by atoms with van der Waals surface area (Å²) in [4.78, 5) is 10.9. The minimum atomic E-state index is -0.965. The fraction of sp³-hybridized carbons (Fsp3) is 0.0714. The van der Waals surface area contributed by atoms with Gasteiger partial charge in [-0.2, -0.15) is 0 Å². The van der Waals surface area contributed by atoms with Gasteiger partial charge in [-0.1, -0.05) is 49.5 Å². The lowest BCUT2D eigenvalue weighted by Crippen LogP contribution is -2.00. The highest BCUT2D eigenvalue weighted by molar-refractivity contribution is 9.10. The van der Waals surface area contributed by atoms with Gasteiger partial charge >= 0.3 is 5.97 Å². The summed E-state index contributed by atoms with van der Waals surface area (Å²) in [5.41, 5.74) is 1.06. The lowest BCUT2D eigenvalue weighted by atomic mass is 10.1. The van der Waals surface area contributed by atoms with E-state index in [0.717, 1.165) is 10.0 Å². The first-order valence-electron chi connectivity index (χ1n) is 5.57. The topological polar surface area (TPSA) is 46.5 Å². The molecule has 0 aliphatic rings. The minimum absolute atomic E-state index is 0.223. The molecule has 0 heterocycles. The third kappa shape index (κ3) is 3.75. The van der Waals surface area contributed by atoms with Gasteiger partial charge in [-0.05, 0) is 30.3 Å².